The van der Waals surface area contributed by atoms with Crippen molar-refractivity contribution in [1.29, 1.82) is 0 Å². The Kier molecular flexibility index (Phi) is 4.58. The van der Waals surface area contributed by atoms with Crippen molar-refractivity contribution in [2.45, 2.75) is 34.2 Å². The van der Waals surface area contributed by atoms with E-state index >= 15 is 0 Å². The second-order valence-corrected chi connectivity index (χ2v) is 6.92. The summed E-state index contributed by atoms with van der Waals surface area (Å²) in [5, 5.41) is 4.08. The highest BCUT2D eigenvalue weighted by molar-refractivity contribution is 5.96. The maximum Gasteiger partial charge on any atom is 0.255 e. The van der Waals surface area contributed by atoms with Gasteiger partial charge in [-0.3, -0.25) is 9.36 Å². The van der Waals surface area contributed by atoms with Gasteiger partial charge in [-0.2, -0.15) is 0 Å². The minimum absolute atomic E-state index is 0.0141. The number of carbonyl (C=O) groups excluding carboxylic acids is 1. The standard InChI is InChI=1S/C21H23N3O4/c1-5-23(11-16-6-7-18-19(10-16)27-12-26-18)21(25)17-8-13(2)24(15(17)4)20-9-14(3)28-22-20/h6-10H,5,11-12H2,1-4H3. The molecule has 28 heavy (non-hydrogen) atoms. The Morgan fingerprint density at radius 3 is 2.64 bits per heavy atom. The van der Waals surface area contributed by atoms with Gasteiger partial charge in [0.1, 0.15) is 5.76 Å². The average molecular weight is 381 g/mol. The minimum atomic E-state index is -0.0141. The summed E-state index contributed by atoms with van der Waals surface area (Å²) in [6.45, 7) is 9.05. The van der Waals surface area contributed by atoms with E-state index < -0.39 is 0 Å². The van der Waals surface area contributed by atoms with Crippen molar-refractivity contribution in [3.05, 3.63) is 58.6 Å². The first-order valence-corrected chi connectivity index (χ1v) is 9.28. The quantitative estimate of drug-likeness (QED) is 0.673. The lowest BCUT2D eigenvalue weighted by atomic mass is 10.1. The zero-order valence-corrected chi connectivity index (χ0v) is 16.5. The lowest BCUT2D eigenvalue weighted by Gasteiger charge is -2.21. The smallest absolute Gasteiger partial charge is 0.255 e. The van der Waals surface area contributed by atoms with Gasteiger partial charge in [0.25, 0.3) is 5.91 Å². The second-order valence-electron chi connectivity index (χ2n) is 6.92. The molecule has 0 aliphatic carbocycles. The number of rotatable bonds is 5. The number of nitrogens with zero attached hydrogens (tertiary/aromatic N) is 3. The van der Waals surface area contributed by atoms with E-state index in [1.165, 1.54) is 0 Å². The Balaban J connectivity index is 1.60. The van der Waals surface area contributed by atoms with E-state index in [0.29, 0.717) is 24.5 Å². The van der Waals surface area contributed by atoms with Gasteiger partial charge in [0, 0.05) is 30.5 Å². The molecule has 3 aromatic rings. The fourth-order valence-corrected chi connectivity index (χ4v) is 3.55. The summed E-state index contributed by atoms with van der Waals surface area (Å²) in [5.41, 5.74) is 3.45. The third-order valence-electron chi connectivity index (χ3n) is 4.99. The van der Waals surface area contributed by atoms with E-state index in [1.807, 2.05) is 67.5 Å². The molecule has 4 rings (SSSR count). The van der Waals surface area contributed by atoms with Crippen molar-refractivity contribution in [2.24, 2.45) is 0 Å². The second kappa shape index (κ2) is 7.07. The predicted molar refractivity (Wildman–Crippen MR) is 103 cm³/mol. The van der Waals surface area contributed by atoms with Crippen LogP contribution in [0, 0.1) is 20.8 Å². The summed E-state index contributed by atoms with van der Waals surface area (Å²) in [7, 11) is 0. The van der Waals surface area contributed by atoms with Crippen LogP contribution in [0.4, 0.5) is 0 Å². The fourth-order valence-electron chi connectivity index (χ4n) is 3.55. The van der Waals surface area contributed by atoms with Crippen molar-refractivity contribution >= 4 is 5.91 Å². The van der Waals surface area contributed by atoms with Crippen molar-refractivity contribution < 1.29 is 18.8 Å². The van der Waals surface area contributed by atoms with E-state index in [4.69, 9.17) is 14.0 Å². The predicted octanol–water partition coefficient (Wildman–Crippen LogP) is 3.78. The van der Waals surface area contributed by atoms with E-state index in [2.05, 4.69) is 5.16 Å². The van der Waals surface area contributed by atoms with Crippen molar-refractivity contribution in [3.63, 3.8) is 0 Å². The number of aryl methyl sites for hydroxylation is 2. The summed E-state index contributed by atoms with van der Waals surface area (Å²) in [6, 6.07) is 9.54. The van der Waals surface area contributed by atoms with Crippen LogP contribution < -0.4 is 9.47 Å². The van der Waals surface area contributed by atoms with Crippen LogP contribution in [0.25, 0.3) is 5.82 Å². The maximum atomic E-state index is 13.2. The maximum absolute atomic E-state index is 13.2. The lowest BCUT2D eigenvalue weighted by molar-refractivity contribution is 0.0751. The van der Waals surface area contributed by atoms with E-state index in [9.17, 15) is 4.79 Å². The monoisotopic (exact) mass is 381 g/mol. The molecule has 1 aromatic carbocycles. The van der Waals surface area contributed by atoms with Gasteiger partial charge >= 0.3 is 0 Å². The van der Waals surface area contributed by atoms with Gasteiger partial charge < -0.3 is 18.9 Å². The molecular weight excluding hydrogens is 358 g/mol. The van der Waals surface area contributed by atoms with E-state index in [-0.39, 0.29) is 12.7 Å². The third-order valence-corrected chi connectivity index (χ3v) is 4.99. The highest BCUT2D eigenvalue weighted by Gasteiger charge is 2.23. The molecule has 1 amide bonds. The summed E-state index contributed by atoms with van der Waals surface area (Å²) in [5.74, 6) is 2.86. The van der Waals surface area contributed by atoms with Crippen LogP contribution in [0.2, 0.25) is 0 Å². The molecule has 0 N–H and O–H groups in total. The first-order chi connectivity index (χ1) is 13.5. The van der Waals surface area contributed by atoms with E-state index in [1.54, 1.807) is 0 Å². The molecule has 7 nitrogen and oxygen atoms in total. The molecule has 0 saturated carbocycles. The molecule has 2 aromatic heterocycles. The van der Waals surface area contributed by atoms with Gasteiger partial charge in [0.2, 0.25) is 6.79 Å². The summed E-state index contributed by atoms with van der Waals surface area (Å²) < 4.78 is 17.9. The molecule has 146 valence electrons. The molecule has 3 heterocycles. The molecule has 0 bridgehead atoms. The molecule has 0 atom stereocenters. The Hall–Kier alpha value is -3.22. The summed E-state index contributed by atoms with van der Waals surface area (Å²) in [6.07, 6.45) is 0. The Bertz CT molecular complexity index is 1030. The van der Waals surface area contributed by atoms with Crippen molar-refractivity contribution in [2.75, 3.05) is 13.3 Å². The molecule has 0 saturated heterocycles. The third kappa shape index (κ3) is 3.13. The molecule has 0 radical (unpaired) electrons. The Labute approximate surface area is 163 Å². The van der Waals surface area contributed by atoms with Crippen LogP contribution in [0.3, 0.4) is 0 Å². The van der Waals surface area contributed by atoms with E-state index in [0.717, 1.165) is 34.2 Å². The highest BCUT2D eigenvalue weighted by atomic mass is 16.7. The number of carbonyl (C=O) groups is 1. The molecule has 0 fully saturated rings. The van der Waals surface area contributed by atoms with Gasteiger partial charge in [-0.05, 0) is 51.5 Å². The Morgan fingerprint density at radius 1 is 1.14 bits per heavy atom. The fraction of sp³-hybridized carbons (Fsp3) is 0.333. The van der Waals surface area contributed by atoms with Crippen LogP contribution in [-0.2, 0) is 6.54 Å². The lowest BCUT2D eigenvalue weighted by Crippen LogP contribution is -2.30. The van der Waals surface area contributed by atoms with Crippen LogP contribution >= 0.6 is 0 Å². The average Bonchev–Trinajstić information content (AvgIpc) is 3.38. The molecule has 1 aliphatic rings. The minimum Gasteiger partial charge on any atom is -0.454 e. The molecule has 0 spiro atoms. The van der Waals surface area contributed by atoms with Gasteiger partial charge in [0.15, 0.2) is 17.3 Å². The van der Waals surface area contributed by atoms with Crippen LogP contribution in [-0.4, -0.2) is 33.9 Å². The van der Waals surface area contributed by atoms with Crippen molar-refractivity contribution in [3.8, 4) is 17.3 Å². The number of amides is 1. The Morgan fingerprint density at radius 2 is 1.93 bits per heavy atom. The van der Waals surface area contributed by atoms with Gasteiger partial charge in [0.05, 0.1) is 5.56 Å². The van der Waals surface area contributed by atoms with Gasteiger partial charge in [-0.25, -0.2) is 0 Å². The van der Waals surface area contributed by atoms with Crippen LogP contribution in [0.5, 0.6) is 11.5 Å². The molecule has 7 heteroatoms. The zero-order valence-electron chi connectivity index (χ0n) is 16.5. The highest BCUT2D eigenvalue weighted by Crippen LogP contribution is 2.33. The molecule has 1 aliphatic heterocycles. The first kappa shape index (κ1) is 18.2. The number of hydrogen-bond acceptors (Lipinski definition) is 5. The number of aromatic nitrogens is 2. The normalized spacial score (nSPS) is 12.4. The van der Waals surface area contributed by atoms with Crippen molar-refractivity contribution in [1.82, 2.24) is 14.6 Å². The SMILES string of the molecule is CCN(Cc1ccc2c(c1)OCO2)C(=O)c1cc(C)n(-c2cc(C)on2)c1C. The molecule has 0 unspecified atom stereocenters. The summed E-state index contributed by atoms with van der Waals surface area (Å²) >= 11 is 0. The zero-order chi connectivity index (χ0) is 19.8. The molecular formula is C21H23N3O4. The number of fused-ring (bicyclic) bond motifs is 1. The van der Waals surface area contributed by atoms with Crippen LogP contribution in [0.1, 0.15) is 40.0 Å². The summed E-state index contributed by atoms with van der Waals surface area (Å²) in [4.78, 5) is 15.1. The number of ether oxygens (including phenoxy) is 2. The van der Waals surface area contributed by atoms with Gasteiger partial charge in [-0.15, -0.1) is 0 Å². The number of hydrogen-bond donors (Lipinski definition) is 0. The largest absolute Gasteiger partial charge is 0.454 e. The first-order valence-electron chi connectivity index (χ1n) is 9.28. The topological polar surface area (TPSA) is 69.7 Å². The number of benzene rings is 1. The van der Waals surface area contributed by atoms with Crippen LogP contribution in [0.15, 0.2) is 34.9 Å². The van der Waals surface area contributed by atoms with Gasteiger partial charge in [-0.1, -0.05) is 11.2 Å².